The van der Waals surface area contributed by atoms with Gasteiger partial charge in [-0.1, -0.05) is 29.3 Å². The summed E-state index contributed by atoms with van der Waals surface area (Å²) in [7, 11) is 0. The summed E-state index contributed by atoms with van der Waals surface area (Å²) in [6, 6.07) is 9.02. The van der Waals surface area contributed by atoms with Gasteiger partial charge in [-0.3, -0.25) is 0 Å². The molecule has 82 valence electrons. The van der Waals surface area contributed by atoms with E-state index in [2.05, 4.69) is 4.98 Å². The number of aromatic nitrogens is 1. The molecule has 2 aromatic rings. The smallest absolute Gasteiger partial charge is 0.221 e. The van der Waals surface area contributed by atoms with Crippen LogP contribution in [0.15, 0.2) is 36.4 Å². The van der Waals surface area contributed by atoms with Gasteiger partial charge in [0.05, 0.1) is 5.02 Å². The number of pyridine rings is 1. The molecule has 0 atom stereocenters. The maximum atomic E-state index is 12.8. The van der Waals surface area contributed by atoms with Crippen molar-refractivity contribution in [2.45, 2.75) is 0 Å². The van der Waals surface area contributed by atoms with Crippen molar-refractivity contribution in [1.82, 2.24) is 4.98 Å². The number of ether oxygens (including phenoxy) is 1. The summed E-state index contributed by atoms with van der Waals surface area (Å²) in [6.45, 7) is 0. The minimum atomic E-state index is -0.615. The Balaban J connectivity index is 2.30. The van der Waals surface area contributed by atoms with Crippen LogP contribution in [0.2, 0.25) is 10.0 Å². The van der Waals surface area contributed by atoms with E-state index in [-0.39, 0.29) is 5.88 Å². The molecule has 0 aliphatic carbocycles. The predicted octanol–water partition coefficient (Wildman–Crippen LogP) is 4.32. The average molecular weight is 258 g/mol. The molecule has 0 aliphatic rings. The van der Waals surface area contributed by atoms with E-state index in [0.29, 0.717) is 15.8 Å². The van der Waals surface area contributed by atoms with Gasteiger partial charge in [-0.2, -0.15) is 9.37 Å². The molecular weight excluding hydrogens is 252 g/mol. The molecule has 0 saturated carbocycles. The number of nitrogens with zero attached hydrogens (tertiary/aromatic N) is 1. The standard InChI is InChI=1S/C11H6Cl2FNO/c12-7-4-5-8(13)9(6-7)16-11-3-1-2-10(14)15-11/h1-6H. The van der Waals surface area contributed by atoms with E-state index in [1.54, 1.807) is 12.1 Å². The highest BCUT2D eigenvalue weighted by atomic mass is 35.5. The summed E-state index contributed by atoms with van der Waals surface area (Å²) in [5, 5.41) is 0.867. The number of hydrogen-bond acceptors (Lipinski definition) is 2. The number of halogens is 3. The number of hydrogen-bond donors (Lipinski definition) is 0. The fourth-order valence-electron chi connectivity index (χ4n) is 1.11. The zero-order valence-electron chi connectivity index (χ0n) is 7.95. The first-order valence-corrected chi connectivity index (χ1v) is 5.16. The first kappa shape index (κ1) is 11.2. The molecule has 2 rings (SSSR count). The van der Waals surface area contributed by atoms with Gasteiger partial charge in [-0.25, -0.2) is 0 Å². The highest BCUT2D eigenvalue weighted by Gasteiger charge is 2.05. The minimum absolute atomic E-state index is 0.129. The van der Waals surface area contributed by atoms with Crippen LogP contribution < -0.4 is 4.74 Å². The molecule has 0 unspecified atom stereocenters. The third-order valence-electron chi connectivity index (χ3n) is 1.80. The van der Waals surface area contributed by atoms with Crippen LogP contribution in [-0.4, -0.2) is 4.98 Å². The first-order valence-electron chi connectivity index (χ1n) is 4.40. The van der Waals surface area contributed by atoms with Crippen molar-refractivity contribution in [3.63, 3.8) is 0 Å². The summed E-state index contributed by atoms with van der Waals surface area (Å²) in [5.74, 6) is -0.146. The van der Waals surface area contributed by atoms with Crippen molar-refractivity contribution in [1.29, 1.82) is 0 Å². The molecule has 0 amide bonds. The molecule has 1 aromatic carbocycles. The van der Waals surface area contributed by atoms with Crippen LogP contribution in [-0.2, 0) is 0 Å². The maximum absolute atomic E-state index is 12.8. The van der Waals surface area contributed by atoms with Crippen molar-refractivity contribution < 1.29 is 9.13 Å². The SMILES string of the molecule is Fc1cccc(Oc2cc(Cl)ccc2Cl)n1. The normalized spacial score (nSPS) is 10.2. The molecule has 0 fully saturated rings. The van der Waals surface area contributed by atoms with Gasteiger partial charge >= 0.3 is 0 Å². The number of rotatable bonds is 2. The Morgan fingerprint density at radius 2 is 1.94 bits per heavy atom. The summed E-state index contributed by atoms with van der Waals surface area (Å²) < 4.78 is 18.1. The predicted molar refractivity (Wildman–Crippen MR) is 60.7 cm³/mol. The highest BCUT2D eigenvalue weighted by molar-refractivity contribution is 6.34. The van der Waals surface area contributed by atoms with Crippen LogP contribution in [0.3, 0.4) is 0 Å². The van der Waals surface area contributed by atoms with Crippen LogP contribution in [0.1, 0.15) is 0 Å². The van der Waals surface area contributed by atoms with E-state index in [9.17, 15) is 4.39 Å². The Morgan fingerprint density at radius 3 is 2.69 bits per heavy atom. The van der Waals surface area contributed by atoms with E-state index in [0.717, 1.165) is 0 Å². The van der Waals surface area contributed by atoms with E-state index in [1.165, 1.54) is 24.3 Å². The lowest BCUT2D eigenvalue weighted by atomic mass is 10.3. The maximum Gasteiger partial charge on any atom is 0.221 e. The zero-order valence-corrected chi connectivity index (χ0v) is 9.47. The summed E-state index contributed by atoms with van der Waals surface area (Å²) in [6.07, 6.45) is 0. The topological polar surface area (TPSA) is 22.1 Å². The van der Waals surface area contributed by atoms with Crippen molar-refractivity contribution in [3.8, 4) is 11.6 Å². The van der Waals surface area contributed by atoms with E-state index < -0.39 is 5.95 Å². The lowest BCUT2D eigenvalue weighted by molar-refractivity contribution is 0.445. The fourth-order valence-corrected chi connectivity index (χ4v) is 1.43. The lowest BCUT2D eigenvalue weighted by Gasteiger charge is -2.06. The van der Waals surface area contributed by atoms with Gasteiger partial charge in [0, 0.05) is 17.2 Å². The minimum Gasteiger partial charge on any atom is -0.437 e. The Kier molecular flexibility index (Phi) is 3.27. The molecule has 0 radical (unpaired) electrons. The van der Waals surface area contributed by atoms with Gasteiger partial charge in [0.2, 0.25) is 11.8 Å². The van der Waals surface area contributed by atoms with Gasteiger partial charge in [0.15, 0.2) is 0 Å². The molecular formula is C11H6Cl2FNO. The van der Waals surface area contributed by atoms with Gasteiger partial charge in [0.1, 0.15) is 5.75 Å². The van der Waals surface area contributed by atoms with Crippen LogP contribution in [0.4, 0.5) is 4.39 Å². The Labute approximate surface area is 102 Å². The Bertz CT molecular complexity index is 519. The zero-order chi connectivity index (χ0) is 11.5. The molecule has 0 saturated heterocycles. The second kappa shape index (κ2) is 4.68. The Hall–Kier alpha value is -1.32. The van der Waals surface area contributed by atoms with Crippen LogP contribution >= 0.6 is 23.2 Å². The van der Waals surface area contributed by atoms with E-state index >= 15 is 0 Å². The molecule has 0 bridgehead atoms. The monoisotopic (exact) mass is 257 g/mol. The van der Waals surface area contributed by atoms with E-state index in [1.807, 2.05) is 0 Å². The molecule has 1 heterocycles. The third-order valence-corrected chi connectivity index (χ3v) is 2.34. The second-order valence-corrected chi connectivity index (χ2v) is 3.82. The highest BCUT2D eigenvalue weighted by Crippen LogP contribution is 2.30. The van der Waals surface area contributed by atoms with Gasteiger partial charge in [-0.05, 0) is 18.2 Å². The summed E-state index contributed by atoms with van der Waals surface area (Å²) in [5.41, 5.74) is 0. The quantitative estimate of drug-likeness (QED) is 0.748. The van der Waals surface area contributed by atoms with Crippen molar-refractivity contribution in [2.24, 2.45) is 0 Å². The molecule has 0 aliphatic heterocycles. The summed E-state index contributed by atoms with van der Waals surface area (Å²) >= 11 is 11.7. The van der Waals surface area contributed by atoms with Gasteiger partial charge in [0.25, 0.3) is 0 Å². The summed E-state index contributed by atoms with van der Waals surface area (Å²) in [4.78, 5) is 3.55. The largest absolute Gasteiger partial charge is 0.437 e. The van der Waals surface area contributed by atoms with Gasteiger partial charge in [-0.15, -0.1) is 0 Å². The van der Waals surface area contributed by atoms with Crippen molar-refractivity contribution in [3.05, 3.63) is 52.4 Å². The van der Waals surface area contributed by atoms with Crippen LogP contribution in [0, 0.1) is 5.95 Å². The lowest BCUT2D eigenvalue weighted by Crippen LogP contribution is -1.90. The van der Waals surface area contributed by atoms with Crippen LogP contribution in [0.25, 0.3) is 0 Å². The van der Waals surface area contributed by atoms with Gasteiger partial charge < -0.3 is 4.74 Å². The fraction of sp³-hybridized carbons (Fsp3) is 0. The van der Waals surface area contributed by atoms with Crippen molar-refractivity contribution >= 4 is 23.2 Å². The van der Waals surface area contributed by atoms with Crippen molar-refractivity contribution in [2.75, 3.05) is 0 Å². The molecule has 5 heteroatoms. The average Bonchev–Trinajstić information content (AvgIpc) is 2.24. The molecule has 2 nitrogen and oxygen atoms in total. The molecule has 16 heavy (non-hydrogen) atoms. The second-order valence-electron chi connectivity index (χ2n) is 2.98. The molecule has 0 N–H and O–H groups in total. The third kappa shape index (κ3) is 2.62. The molecule has 0 spiro atoms. The Morgan fingerprint density at radius 1 is 1.12 bits per heavy atom. The van der Waals surface area contributed by atoms with Crippen LogP contribution in [0.5, 0.6) is 11.6 Å². The molecule has 1 aromatic heterocycles. The first-order chi connectivity index (χ1) is 7.65. The number of benzene rings is 1. The van der Waals surface area contributed by atoms with E-state index in [4.69, 9.17) is 27.9 Å².